The van der Waals surface area contributed by atoms with Gasteiger partial charge >= 0.3 is 0 Å². The molecule has 0 aromatic heterocycles. The van der Waals surface area contributed by atoms with E-state index in [1.807, 2.05) is 0 Å². The van der Waals surface area contributed by atoms with Gasteiger partial charge in [-0.3, -0.25) is 10.3 Å². The Bertz CT molecular complexity index is 293. The van der Waals surface area contributed by atoms with Gasteiger partial charge in [0.15, 0.2) is 5.82 Å². The van der Waals surface area contributed by atoms with Gasteiger partial charge in [-0.1, -0.05) is 0 Å². The lowest BCUT2D eigenvalue weighted by molar-refractivity contribution is 0.269. The molecule has 1 rings (SSSR count). The minimum absolute atomic E-state index is 0.145. The maximum absolute atomic E-state index is 13.2. The third kappa shape index (κ3) is 1.67. The maximum Gasteiger partial charge on any atom is 0.164 e. The molecule has 5 heteroatoms. The number of hydrogen-bond donors (Lipinski definition) is 2. The highest BCUT2D eigenvalue weighted by Crippen LogP contribution is 2.28. The van der Waals surface area contributed by atoms with E-state index in [1.165, 1.54) is 13.2 Å². The van der Waals surface area contributed by atoms with E-state index in [4.69, 9.17) is 5.73 Å². The SMILES string of the molecule is CONc1c(N)ccc(Br)c1F. The molecule has 0 aliphatic heterocycles. The quantitative estimate of drug-likeness (QED) is 0.609. The normalized spacial score (nSPS) is 9.92. The molecule has 12 heavy (non-hydrogen) atoms. The molecule has 1 aromatic carbocycles. The summed E-state index contributed by atoms with van der Waals surface area (Å²) in [7, 11) is 1.39. The topological polar surface area (TPSA) is 47.3 Å². The van der Waals surface area contributed by atoms with Crippen LogP contribution in [0.1, 0.15) is 0 Å². The van der Waals surface area contributed by atoms with Crippen LogP contribution in [0.15, 0.2) is 16.6 Å². The van der Waals surface area contributed by atoms with E-state index >= 15 is 0 Å². The molecule has 0 saturated carbocycles. The Kier molecular flexibility index (Phi) is 2.88. The molecule has 0 saturated heterocycles. The van der Waals surface area contributed by atoms with Gasteiger partial charge in [-0.15, -0.1) is 0 Å². The fraction of sp³-hybridized carbons (Fsp3) is 0.143. The zero-order valence-electron chi connectivity index (χ0n) is 6.40. The molecule has 1 aromatic rings. The number of benzene rings is 1. The predicted octanol–water partition coefficient (Wildman–Crippen LogP) is 2.14. The van der Waals surface area contributed by atoms with Gasteiger partial charge in [-0.05, 0) is 28.1 Å². The van der Waals surface area contributed by atoms with Crippen LogP contribution in [0.25, 0.3) is 0 Å². The van der Waals surface area contributed by atoms with Crippen LogP contribution in [0.2, 0.25) is 0 Å². The average molecular weight is 235 g/mol. The Hall–Kier alpha value is -0.810. The van der Waals surface area contributed by atoms with Crippen LogP contribution in [0.5, 0.6) is 0 Å². The Labute approximate surface area is 77.8 Å². The van der Waals surface area contributed by atoms with Crippen molar-refractivity contribution in [1.82, 2.24) is 0 Å². The fourth-order valence-corrected chi connectivity index (χ4v) is 1.10. The number of halogens is 2. The lowest BCUT2D eigenvalue weighted by atomic mass is 10.2. The summed E-state index contributed by atoms with van der Waals surface area (Å²) in [5, 5.41) is 0. The van der Waals surface area contributed by atoms with Crippen molar-refractivity contribution in [2.75, 3.05) is 18.3 Å². The monoisotopic (exact) mass is 234 g/mol. The van der Waals surface area contributed by atoms with Crippen LogP contribution in [0, 0.1) is 5.82 Å². The van der Waals surface area contributed by atoms with E-state index in [1.54, 1.807) is 6.07 Å². The third-order valence-electron chi connectivity index (χ3n) is 1.33. The Morgan fingerprint density at radius 2 is 2.25 bits per heavy atom. The molecule has 0 spiro atoms. The number of rotatable bonds is 2. The number of hydrogen-bond acceptors (Lipinski definition) is 3. The minimum atomic E-state index is -0.461. The Balaban J connectivity index is 3.14. The molecule has 3 nitrogen and oxygen atoms in total. The summed E-state index contributed by atoms with van der Waals surface area (Å²) in [6.45, 7) is 0. The second-order valence-electron chi connectivity index (χ2n) is 2.13. The molecule has 66 valence electrons. The molecule has 0 fully saturated rings. The van der Waals surface area contributed by atoms with Gasteiger partial charge in [0, 0.05) is 0 Å². The summed E-state index contributed by atoms with van der Waals surface area (Å²) in [5.41, 5.74) is 8.28. The lowest BCUT2D eigenvalue weighted by Crippen LogP contribution is -2.03. The zero-order chi connectivity index (χ0) is 9.14. The largest absolute Gasteiger partial charge is 0.397 e. The molecule has 3 N–H and O–H groups in total. The first-order chi connectivity index (χ1) is 5.66. The van der Waals surface area contributed by atoms with E-state index < -0.39 is 5.82 Å². The summed E-state index contributed by atoms with van der Waals surface area (Å²) in [4.78, 5) is 4.55. The third-order valence-corrected chi connectivity index (χ3v) is 1.94. The van der Waals surface area contributed by atoms with Crippen molar-refractivity contribution < 1.29 is 9.23 Å². The molecule has 0 unspecified atom stereocenters. The second kappa shape index (κ2) is 3.73. The number of nitrogens with one attached hydrogen (secondary N) is 1. The van der Waals surface area contributed by atoms with Crippen LogP contribution in [-0.4, -0.2) is 7.11 Å². The highest BCUT2D eigenvalue weighted by atomic mass is 79.9. The Morgan fingerprint density at radius 1 is 1.58 bits per heavy atom. The van der Waals surface area contributed by atoms with Crippen molar-refractivity contribution in [2.45, 2.75) is 0 Å². The summed E-state index contributed by atoms with van der Waals surface area (Å²) in [6.07, 6.45) is 0. The molecule has 0 aliphatic carbocycles. The van der Waals surface area contributed by atoms with Gasteiger partial charge in [0.25, 0.3) is 0 Å². The van der Waals surface area contributed by atoms with Gasteiger partial charge in [0.1, 0.15) is 5.69 Å². The zero-order valence-corrected chi connectivity index (χ0v) is 7.98. The smallest absolute Gasteiger partial charge is 0.164 e. The van der Waals surface area contributed by atoms with Gasteiger partial charge in [0.05, 0.1) is 17.3 Å². The molecule has 0 aliphatic rings. The van der Waals surface area contributed by atoms with Crippen LogP contribution >= 0.6 is 15.9 Å². The fourth-order valence-electron chi connectivity index (χ4n) is 0.771. The first-order valence-corrected chi connectivity index (χ1v) is 3.98. The summed E-state index contributed by atoms with van der Waals surface area (Å²) < 4.78 is 13.5. The standard InChI is InChI=1S/C7H8BrFN2O/c1-12-11-7-5(10)3-2-4(8)6(7)9/h2-3,11H,10H2,1H3. The van der Waals surface area contributed by atoms with Crippen LogP contribution in [-0.2, 0) is 4.84 Å². The predicted molar refractivity (Wildman–Crippen MR) is 49.1 cm³/mol. The van der Waals surface area contributed by atoms with Crippen molar-refractivity contribution >= 4 is 27.3 Å². The van der Waals surface area contributed by atoms with Gasteiger partial charge in [-0.25, -0.2) is 4.39 Å². The molecule has 0 bridgehead atoms. The van der Waals surface area contributed by atoms with Gasteiger partial charge < -0.3 is 5.73 Å². The summed E-state index contributed by atoms with van der Waals surface area (Å²) in [5.74, 6) is -0.461. The lowest BCUT2D eigenvalue weighted by Gasteiger charge is -2.08. The van der Waals surface area contributed by atoms with Crippen molar-refractivity contribution in [3.63, 3.8) is 0 Å². The first kappa shape index (κ1) is 9.28. The van der Waals surface area contributed by atoms with Gasteiger partial charge in [0.2, 0.25) is 0 Å². The second-order valence-corrected chi connectivity index (χ2v) is 2.99. The molecule has 0 amide bonds. The van der Waals surface area contributed by atoms with Crippen LogP contribution < -0.4 is 11.2 Å². The van der Waals surface area contributed by atoms with E-state index in [9.17, 15) is 4.39 Å². The van der Waals surface area contributed by atoms with Crippen LogP contribution in [0.3, 0.4) is 0 Å². The van der Waals surface area contributed by atoms with E-state index in [2.05, 4.69) is 26.2 Å². The van der Waals surface area contributed by atoms with Crippen molar-refractivity contribution in [1.29, 1.82) is 0 Å². The van der Waals surface area contributed by atoms with Crippen LogP contribution in [0.4, 0.5) is 15.8 Å². The molecular formula is C7H8BrFN2O. The molecule has 0 heterocycles. The summed E-state index contributed by atoms with van der Waals surface area (Å²) in [6, 6.07) is 3.11. The van der Waals surface area contributed by atoms with Gasteiger partial charge in [-0.2, -0.15) is 0 Å². The summed E-state index contributed by atoms with van der Waals surface area (Å²) >= 11 is 3.02. The van der Waals surface area contributed by atoms with E-state index in [-0.39, 0.29) is 5.69 Å². The number of nitrogens with two attached hydrogens (primary N) is 1. The molecular weight excluding hydrogens is 227 g/mol. The number of anilines is 2. The van der Waals surface area contributed by atoms with E-state index in [0.29, 0.717) is 10.2 Å². The average Bonchev–Trinajstić information content (AvgIpc) is 2.06. The highest BCUT2D eigenvalue weighted by Gasteiger charge is 2.08. The van der Waals surface area contributed by atoms with Crippen molar-refractivity contribution in [3.05, 3.63) is 22.4 Å². The maximum atomic E-state index is 13.2. The molecule has 0 radical (unpaired) electrons. The Morgan fingerprint density at radius 3 is 2.83 bits per heavy atom. The minimum Gasteiger partial charge on any atom is -0.397 e. The first-order valence-electron chi connectivity index (χ1n) is 3.19. The number of nitrogen functional groups attached to an aromatic ring is 1. The van der Waals surface area contributed by atoms with Crippen molar-refractivity contribution in [3.8, 4) is 0 Å². The molecule has 0 atom stereocenters. The van der Waals surface area contributed by atoms with E-state index in [0.717, 1.165) is 0 Å². The highest BCUT2D eigenvalue weighted by molar-refractivity contribution is 9.10. The van der Waals surface area contributed by atoms with Crippen molar-refractivity contribution in [2.24, 2.45) is 0 Å².